The van der Waals surface area contributed by atoms with Gasteiger partial charge in [0.1, 0.15) is 12.7 Å². The Kier molecular flexibility index (Phi) is 2.96. The van der Waals surface area contributed by atoms with E-state index in [1.165, 1.54) is 18.0 Å². The van der Waals surface area contributed by atoms with Crippen molar-refractivity contribution in [1.82, 2.24) is 0 Å². The molecule has 1 aliphatic rings. The van der Waals surface area contributed by atoms with Crippen molar-refractivity contribution in [2.75, 3.05) is 12.4 Å². The molecule has 0 amide bonds. The number of pyridine rings is 1. The lowest BCUT2D eigenvalue weighted by Crippen LogP contribution is -2.28. The molecule has 0 N–H and O–H groups in total. The van der Waals surface area contributed by atoms with Gasteiger partial charge < -0.3 is 14.7 Å². The number of nitrogens with zero attached hydrogens (tertiary/aromatic N) is 1. The molecule has 0 saturated carbocycles. The third-order valence-corrected chi connectivity index (χ3v) is 3.01. The summed E-state index contributed by atoms with van der Waals surface area (Å²) in [6, 6.07) is 5.17. The maximum Gasteiger partial charge on any atom is 0.508 e. The van der Waals surface area contributed by atoms with Crippen molar-refractivity contribution in [3.05, 3.63) is 29.6 Å². The number of aromatic nitrogens is 1. The molecule has 6 heteroatoms. The highest BCUT2D eigenvalue weighted by molar-refractivity contribution is 7.99. The Bertz CT molecular complexity index is 371. The summed E-state index contributed by atoms with van der Waals surface area (Å²) in [5.41, 5.74) is 0. The fraction of sp³-hybridized carbons (Fsp3) is 0.333. The summed E-state index contributed by atoms with van der Waals surface area (Å²) < 4.78 is 10.2. The third-order valence-electron chi connectivity index (χ3n) is 1.86. The summed E-state index contributed by atoms with van der Waals surface area (Å²) in [6.45, 7) is 0.261. The first-order valence-corrected chi connectivity index (χ1v) is 5.38. The van der Waals surface area contributed by atoms with E-state index in [4.69, 9.17) is 4.74 Å². The molecular formula is C9H9NO4S. The predicted molar refractivity (Wildman–Crippen MR) is 52.3 cm³/mol. The molecule has 80 valence electrons. The van der Waals surface area contributed by atoms with Gasteiger partial charge in [-0.3, -0.25) is 0 Å². The van der Waals surface area contributed by atoms with Crippen molar-refractivity contribution in [2.24, 2.45) is 0 Å². The van der Waals surface area contributed by atoms with Gasteiger partial charge in [-0.15, -0.1) is 0 Å². The Morgan fingerprint density at radius 2 is 2.47 bits per heavy atom. The maximum atomic E-state index is 11.2. The van der Waals surface area contributed by atoms with Gasteiger partial charge in [0.05, 0.1) is 0 Å². The van der Waals surface area contributed by atoms with E-state index in [1.54, 1.807) is 18.2 Å². The van der Waals surface area contributed by atoms with Gasteiger partial charge in [-0.2, -0.15) is 4.73 Å². The molecule has 1 fully saturated rings. The van der Waals surface area contributed by atoms with Crippen LogP contribution >= 0.6 is 11.8 Å². The topological polar surface area (TPSA) is 62.5 Å². The molecule has 15 heavy (non-hydrogen) atoms. The molecule has 1 aliphatic heterocycles. The van der Waals surface area contributed by atoms with Gasteiger partial charge in [0.2, 0.25) is 0 Å². The monoisotopic (exact) mass is 227 g/mol. The average molecular weight is 227 g/mol. The molecule has 0 spiro atoms. The zero-order valence-electron chi connectivity index (χ0n) is 7.79. The van der Waals surface area contributed by atoms with Crippen molar-refractivity contribution in [1.29, 1.82) is 0 Å². The minimum absolute atomic E-state index is 0.261. The smallest absolute Gasteiger partial charge is 0.508 e. The van der Waals surface area contributed by atoms with Gasteiger partial charge in [-0.25, -0.2) is 4.79 Å². The van der Waals surface area contributed by atoms with Crippen LogP contribution in [0.1, 0.15) is 0 Å². The Hall–Kier alpha value is -1.43. The summed E-state index contributed by atoms with van der Waals surface area (Å²) >= 11 is 1.34. The number of ether oxygens (including phenoxy) is 2. The molecule has 2 heterocycles. The molecule has 1 saturated heterocycles. The first-order valence-electron chi connectivity index (χ1n) is 4.40. The molecule has 1 aromatic heterocycles. The van der Waals surface area contributed by atoms with Crippen LogP contribution in [0.3, 0.4) is 0 Å². The minimum Gasteiger partial charge on any atom is -0.618 e. The number of hydrogen-bond acceptors (Lipinski definition) is 5. The highest BCUT2D eigenvalue weighted by Gasteiger charge is 2.25. The van der Waals surface area contributed by atoms with Gasteiger partial charge in [0, 0.05) is 17.9 Å². The lowest BCUT2D eigenvalue weighted by molar-refractivity contribution is -0.645. The second kappa shape index (κ2) is 4.39. The Morgan fingerprint density at radius 3 is 3.13 bits per heavy atom. The van der Waals surface area contributed by atoms with Crippen LogP contribution in [0.2, 0.25) is 0 Å². The molecule has 2 rings (SSSR count). The highest BCUT2D eigenvalue weighted by atomic mass is 32.2. The summed E-state index contributed by atoms with van der Waals surface area (Å²) in [5, 5.41) is 11.8. The summed E-state index contributed by atoms with van der Waals surface area (Å²) in [7, 11) is 0. The molecular weight excluding hydrogens is 218 g/mol. The van der Waals surface area contributed by atoms with Crippen LogP contribution in [-0.4, -0.2) is 24.6 Å². The van der Waals surface area contributed by atoms with Gasteiger partial charge >= 0.3 is 6.16 Å². The zero-order valence-corrected chi connectivity index (χ0v) is 8.61. The van der Waals surface area contributed by atoms with Crippen LogP contribution in [0.5, 0.6) is 0 Å². The fourth-order valence-electron chi connectivity index (χ4n) is 1.15. The predicted octanol–water partition coefficient (Wildman–Crippen LogP) is 0.948. The van der Waals surface area contributed by atoms with E-state index in [2.05, 4.69) is 4.74 Å². The van der Waals surface area contributed by atoms with Crippen LogP contribution < -0.4 is 4.73 Å². The summed E-state index contributed by atoms with van der Waals surface area (Å²) in [4.78, 5) is 10.6. The number of rotatable bonds is 3. The first-order chi connectivity index (χ1) is 7.25. The molecule has 0 radical (unpaired) electrons. The number of carbonyl (C=O) groups excluding carboxylic acids is 1. The Balaban J connectivity index is 1.88. The average Bonchev–Trinajstić information content (AvgIpc) is 2.63. The summed E-state index contributed by atoms with van der Waals surface area (Å²) in [6.07, 6.45) is 0.533. The lowest BCUT2D eigenvalue weighted by Gasteiger charge is -2.05. The van der Waals surface area contributed by atoms with Crippen LogP contribution in [-0.2, 0) is 9.47 Å². The van der Waals surface area contributed by atoms with E-state index in [9.17, 15) is 10.0 Å². The minimum atomic E-state index is -0.635. The van der Waals surface area contributed by atoms with E-state index < -0.39 is 6.16 Å². The number of cyclic esters (lactones) is 2. The molecule has 0 bridgehead atoms. The van der Waals surface area contributed by atoms with E-state index in [0.717, 1.165) is 4.73 Å². The van der Waals surface area contributed by atoms with E-state index in [0.29, 0.717) is 10.8 Å². The van der Waals surface area contributed by atoms with Crippen molar-refractivity contribution < 1.29 is 19.0 Å². The fourth-order valence-corrected chi connectivity index (χ4v) is 2.03. The van der Waals surface area contributed by atoms with Crippen molar-refractivity contribution in [3.63, 3.8) is 0 Å². The molecule has 1 aromatic rings. The van der Waals surface area contributed by atoms with Gasteiger partial charge in [0.25, 0.3) is 5.03 Å². The van der Waals surface area contributed by atoms with Gasteiger partial charge in [-0.05, 0) is 6.07 Å². The van der Waals surface area contributed by atoms with Gasteiger partial charge in [-0.1, -0.05) is 11.8 Å². The van der Waals surface area contributed by atoms with Crippen molar-refractivity contribution in [2.45, 2.75) is 11.1 Å². The molecule has 0 aromatic carbocycles. The second-order valence-corrected chi connectivity index (χ2v) is 4.02. The Labute approximate surface area is 90.6 Å². The van der Waals surface area contributed by atoms with Gasteiger partial charge in [0.15, 0.2) is 6.20 Å². The highest BCUT2D eigenvalue weighted by Crippen LogP contribution is 2.18. The third kappa shape index (κ3) is 2.53. The summed E-state index contributed by atoms with van der Waals surface area (Å²) in [5.74, 6) is 0.526. The number of hydrogen-bond donors (Lipinski definition) is 0. The van der Waals surface area contributed by atoms with Crippen molar-refractivity contribution in [3.8, 4) is 0 Å². The quantitative estimate of drug-likeness (QED) is 0.333. The largest absolute Gasteiger partial charge is 0.618 e. The molecule has 0 aliphatic carbocycles. The second-order valence-electron chi connectivity index (χ2n) is 2.98. The maximum absolute atomic E-state index is 11.2. The van der Waals surface area contributed by atoms with Crippen molar-refractivity contribution >= 4 is 17.9 Å². The van der Waals surface area contributed by atoms with Crippen LogP contribution in [0.15, 0.2) is 29.4 Å². The van der Waals surface area contributed by atoms with Crippen LogP contribution in [0.4, 0.5) is 4.79 Å². The van der Waals surface area contributed by atoms with E-state index in [1.807, 2.05) is 0 Å². The van der Waals surface area contributed by atoms with E-state index >= 15 is 0 Å². The lowest BCUT2D eigenvalue weighted by atomic mass is 10.4. The molecule has 5 nitrogen and oxygen atoms in total. The first kappa shape index (κ1) is 10.1. The normalized spacial score (nSPS) is 19.7. The molecule has 1 unspecified atom stereocenters. The number of carbonyl (C=O) groups is 1. The zero-order chi connectivity index (χ0) is 10.7. The Morgan fingerprint density at radius 1 is 1.60 bits per heavy atom. The van der Waals surface area contributed by atoms with Crippen LogP contribution in [0, 0.1) is 5.21 Å². The number of thioether (sulfide) groups is 1. The van der Waals surface area contributed by atoms with Crippen LogP contribution in [0.25, 0.3) is 0 Å². The van der Waals surface area contributed by atoms with E-state index in [-0.39, 0.29) is 12.7 Å². The SMILES string of the molecule is O=C1OCC(CSc2cccc[n+]2[O-])O1. The standard InChI is InChI=1S/C9H9NO4S/c11-9-13-5-7(14-9)6-15-8-3-1-2-4-10(8)12/h1-4,7H,5-6H2. The molecule has 1 atom stereocenters.